The van der Waals surface area contributed by atoms with Gasteiger partial charge < -0.3 is 14.4 Å². The summed E-state index contributed by atoms with van der Waals surface area (Å²) in [6.07, 6.45) is 3.87. The van der Waals surface area contributed by atoms with Gasteiger partial charge in [0.15, 0.2) is 0 Å². The minimum absolute atomic E-state index is 0.252. The largest absolute Gasteiger partial charge is 0.338 e. The average molecular weight is 290 g/mol. The van der Waals surface area contributed by atoms with Gasteiger partial charge in [0.05, 0.1) is 25.7 Å². The Kier molecular flexibility index (Phi) is 4.81. The maximum Gasteiger partial charge on any atom is 0.292 e. The van der Waals surface area contributed by atoms with Gasteiger partial charge in [-0.3, -0.25) is 4.79 Å². The number of nitrogens with zero attached hydrogens (tertiary/aromatic N) is 2. The molecule has 21 heavy (non-hydrogen) atoms. The predicted octanol–water partition coefficient (Wildman–Crippen LogP) is 2.36. The van der Waals surface area contributed by atoms with Crippen molar-refractivity contribution in [3.05, 3.63) is 23.9 Å². The van der Waals surface area contributed by atoms with Crippen molar-refractivity contribution in [2.45, 2.75) is 38.9 Å². The van der Waals surface area contributed by atoms with E-state index in [0.717, 1.165) is 18.5 Å². The zero-order chi connectivity index (χ0) is 15.5. The molecule has 0 N–H and O–H groups in total. The molecule has 0 bridgehead atoms. The molecule has 2 heterocycles. The van der Waals surface area contributed by atoms with Crippen LogP contribution in [0.3, 0.4) is 0 Å². The van der Waals surface area contributed by atoms with Crippen LogP contribution in [0.4, 0.5) is 0 Å². The molecule has 114 valence electrons. The molecule has 0 aliphatic carbocycles. The van der Waals surface area contributed by atoms with Crippen LogP contribution in [0.1, 0.15) is 33.1 Å². The molecule has 1 spiro atoms. The highest BCUT2D eigenvalue weighted by atomic mass is 16.7. The molecule has 2 fully saturated rings. The number of hydrogen-bond donors (Lipinski definition) is 0. The van der Waals surface area contributed by atoms with Gasteiger partial charge in [0.1, 0.15) is 0 Å². The highest BCUT2D eigenvalue weighted by Crippen LogP contribution is 2.41. The second kappa shape index (κ2) is 6.42. The van der Waals surface area contributed by atoms with Gasteiger partial charge >= 0.3 is 0 Å². The van der Waals surface area contributed by atoms with E-state index in [9.17, 15) is 4.79 Å². The summed E-state index contributed by atoms with van der Waals surface area (Å²) < 4.78 is 11.3. The van der Waals surface area contributed by atoms with E-state index in [1.165, 1.54) is 0 Å². The van der Waals surface area contributed by atoms with E-state index < -0.39 is 5.79 Å². The van der Waals surface area contributed by atoms with E-state index in [1.54, 1.807) is 4.90 Å². The van der Waals surface area contributed by atoms with Gasteiger partial charge in [-0.15, -0.1) is 0 Å². The van der Waals surface area contributed by atoms with Crippen molar-refractivity contribution in [1.82, 2.24) is 4.90 Å². The summed E-state index contributed by atoms with van der Waals surface area (Å²) in [7, 11) is 0. The summed E-state index contributed by atoms with van der Waals surface area (Å²) >= 11 is 0. The molecule has 0 aromatic heterocycles. The fraction of sp³-hybridized carbons (Fsp3) is 0.625. The lowest BCUT2D eigenvalue weighted by Gasteiger charge is -2.31. The Balaban J connectivity index is 2.32. The second-order valence-electron chi connectivity index (χ2n) is 5.73. The van der Waals surface area contributed by atoms with Crippen molar-refractivity contribution in [3.63, 3.8) is 0 Å². The number of allylic oxidation sites excluding steroid dienone is 1. The number of carbonyl (C=O) groups is 1. The van der Waals surface area contributed by atoms with Crippen LogP contribution in [-0.4, -0.2) is 36.4 Å². The van der Waals surface area contributed by atoms with Crippen LogP contribution in [0.5, 0.6) is 0 Å². The van der Waals surface area contributed by atoms with Gasteiger partial charge in [-0.1, -0.05) is 26.5 Å². The van der Waals surface area contributed by atoms with Crippen LogP contribution in [0, 0.1) is 17.2 Å². The highest BCUT2D eigenvalue weighted by molar-refractivity contribution is 5.95. The molecule has 0 radical (unpaired) electrons. The maximum absolute atomic E-state index is 12.7. The fourth-order valence-electron chi connectivity index (χ4n) is 2.54. The Labute approximate surface area is 125 Å². The number of nitriles is 1. The Hall–Kier alpha value is -1.64. The number of rotatable bonds is 4. The van der Waals surface area contributed by atoms with E-state index in [-0.39, 0.29) is 12.3 Å². The molecule has 2 rings (SSSR count). The quantitative estimate of drug-likeness (QED) is 0.797. The lowest BCUT2D eigenvalue weighted by Crippen LogP contribution is -2.48. The summed E-state index contributed by atoms with van der Waals surface area (Å²) in [5, 5.41) is 8.79. The molecule has 0 unspecified atom stereocenters. The van der Waals surface area contributed by atoms with Gasteiger partial charge in [-0.05, 0) is 18.8 Å². The summed E-state index contributed by atoms with van der Waals surface area (Å²) in [6, 6.07) is 2.07. The third-order valence-corrected chi connectivity index (χ3v) is 3.65. The Morgan fingerprint density at radius 1 is 1.48 bits per heavy atom. The van der Waals surface area contributed by atoms with E-state index in [0.29, 0.717) is 31.2 Å². The summed E-state index contributed by atoms with van der Waals surface area (Å²) in [5.74, 6) is -1.14. The summed E-state index contributed by atoms with van der Waals surface area (Å²) in [6.45, 7) is 9.56. The first-order chi connectivity index (χ1) is 10.0. The molecule has 0 aromatic rings. The number of ether oxygens (including phenoxy) is 2. The van der Waals surface area contributed by atoms with Crippen LogP contribution in [0.2, 0.25) is 0 Å². The van der Waals surface area contributed by atoms with Crippen LogP contribution in [-0.2, 0) is 14.3 Å². The zero-order valence-corrected chi connectivity index (χ0v) is 12.7. The van der Waals surface area contributed by atoms with Crippen LogP contribution >= 0.6 is 0 Å². The van der Waals surface area contributed by atoms with Crippen molar-refractivity contribution in [2.24, 2.45) is 5.92 Å². The van der Waals surface area contributed by atoms with E-state index >= 15 is 0 Å². The molecule has 2 aliphatic heterocycles. The number of hydrogen-bond acceptors (Lipinski definition) is 4. The van der Waals surface area contributed by atoms with E-state index in [1.807, 2.05) is 6.08 Å². The van der Waals surface area contributed by atoms with Crippen LogP contribution in [0.25, 0.3) is 0 Å². The van der Waals surface area contributed by atoms with Crippen molar-refractivity contribution in [3.8, 4) is 6.07 Å². The topological polar surface area (TPSA) is 62.6 Å². The van der Waals surface area contributed by atoms with Crippen molar-refractivity contribution in [1.29, 1.82) is 5.26 Å². The Morgan fingerprint density at radius 3 is 2.71 bits per heavy atom. The molecule has 1 amide bonds. The fourth-order valence-corrected chi connectivity index (χ4v) is 2.54. The standard InChI is InChI=1S/C16H22N2O3/c1-12(2)6-7-14-13(3)16(20-10-5-11-21-16)15(19)18(14)9-4-8-17/h7,12H,3-6,9-11H2,1-2H3. The van der Waals surface area contributed by atoms with Gasteiger partial charge in [0, 0.05) is 17.8 Å². The normalized spacial score (nSPS) is 23.3. The number of likely N-dealkylation sites (tertiary alicyclic amines) is 1. The van der Waals surface area contributed by atoms with Crippen molar-refractivity contribution >= 4 is 5.91 Å². The lowest BCUT2D eigenvalue weighted by atomic mass is 10.0. The first kappa shape index (κ1) is 15.7. The smallest absolute Gasteiger partial charge is 0.292 e. The highest BCUT2D eigenvalue weighted by Gasteiger charge is 2.56. The summed E-state index contributed by atoms with van der Waals surface area (Å²) in [5.41, 5.74) is 1.30. The Morgan fingerprint density at radius 2 is 2.14 bits per heavy atom. The van der Waals surface area contributed by atoms with E-state index in [4.69, 9.17) is 14.7 Å². The zero-order valence-electron chi connectivity index (χ0n) is 12.7. The maximum atomic E-state index is 12.7. The first-order valence-corrected chi connectivity index (χ1v) is 7.39. The monoisotopic (exact) mass is 290 g/mol. The second-order valence-corrected chi connectivity index (χ2v) is 5.73. The third kappa shape index (κ3) is 2.87. The number of carbonyl (C=O) groups excluding carboxylic acids is 1. The minimum Gasteiger partial charge on any atom is -0.338 e. The molecule has 2 aliphatic rings. The lowest BCUT2D eigenvalue weighted by molar-refractivity contribution is -0.232. The molecule has 0 atom stereocenters. The van der Waals surface area contributed by atoms with Gasteiger partial charge in [0.25, 0.3) is 11.7 Å². The average Bonchev–Trinajstić information content (AvgIpc) is 2.66. The molecule has 5 nitrogen and oxygen atoms in total. The molecular formula is C16H22N2O3. The Bertz CT molecular complexity index is 496. The third-order valence-electron chi connectivity index (χ3n) is 3.65. The number of amides is 1. The van der Waals surface area contributed by atoms with Crippen LogP contribution < -0.4 is 0 Å². The summed E-state index contributed by atoms with van der Waals surface area (Å²) in [4.78, 5) is 14.3. The van der Waals surface area contributed by atoms with Gasteiger partial charge in [-0.2, -0.15) is 5.26 Å². The molecule has 0 aromatic carbocycles. The van der Waals surface area contributed by atoms with Crippen LogP contribution in [0.15, 0.2) is 23.9 Å². The van der Waals surface area contributed by atoms with Gasteiger partial charge in [-0.25, -0.2) is 0 Å². The first-order valence-electron chi connectivity index (χ1n) is 7.39. The van der Waals surface area contributed by atoms with Gasteiger partial charge in [0.2, 0.25) is 0 Å². The van der Waals surface area contributed by atoms with Crippen molar-refractivity contribution < 1.29 is 14.3 Å². The predicted molar refractivity (Wildman–Crippen MR) is 77.9 cm³/mol. The molecule has 2 saturated heterocycles. The molecule has 0 saturated carbocycles. The van der Waals surface area contributed by atoms with E-state index in [2.05, 4.69) is 26.5 Å². The molecular weight excluding hydrogens is 268 g/mol. The molecule has 5 heteroatoms. The van der Waals surface area contributed by atoms with Crippen molar-refractivity contribution in [2.75, 3.05) is 19.8 Å². The SMILES string of the molecule is C=C1C(=CCC(C)C)N(CCC#N)C(=O)C12OCCCO2. The minimum atomic E-state index is -1.36.